The van der Waals surface area contributed by atoms with Crippen molar-refractivity contribution >= 4 is 11.6 Å². The number of benzene rings is 2. The molecule has 0 bridgehead atoms. The predicted molar refractivity (Wildman–Crippen MR) is 91.9 cm³/mol. The summed E-state index contributed by atoms with van der Waals surface area (Å²) in [5, 5.41) is 0.328. The molecule has 1 aromatic heterocycles. The van der Waals surface area contributed by atoms with Crippen LogP contribution in [0.2, 0.25) is 5.15 Å². The molecule has 108 valence electrons. The molecule has 0 aliphatic rings. The molecule has 0 aliphatic heterocycles. The molecule has 0 unspecified atom stereocenters. The molecule has 0 radical (unpaired) electrons. The van der Waals surface area contributed by atoms with Crippen molar-refractivity contribution in [3.05, 3.63) is 94.5 Å². The Morgan fingerprint density at radius 3 is 1.83 bits per heavy atom. The molecule has 0 atom stereocenters. The fourth-order valence-corrected chi connectivity index (χ4v) is 2.03. The minimum absolute atomic E-state index is 0.328. The molecule has 1 heterocycles. The molecular weight excluding hydrogens is 304 g/mol. The van der Waals surface area contributed by atoms with Crippen LogP contribution >= 0.6 is 11.6 Å². The molecule has 0 spiro atoms. The van der Waals surface area contributed by atoms with Gasteiger partial charge in [0.25, 0.3) is 0 Å². The molecule has 3 heteroatoms. The van der Waals surface area contributed by atoms with Gasteiger partial charge in [0, 0.05) is 17.2 Å². The van der Waals surface area contributed by atoms with Gasteiger partial charge in [-0.2, -0.15) is 0 Å². The van der Waals surface area contributed by atoms with Gasteiger partial charge in [0.05, 0.1) is 0 Å². The second-order valence-electron chi connectivity index (χ2n) is 4.63. The van der Waals surface area contributed by atoms with E-state index in [1.165, 1.54) is 0 Å². The molecule has 3 rings (SSSR count). The summed E-state index contributed by atoms with van der Waals surface area (Å²) in [5.41, 5.74) is 2.36. The van der Waals surface area contributed by atoms with Gasteiger partial charge in [-0.1, -0.05) is 59.8 Å². The van der Waals surface area contributed by atoms with Crippen LogP contribution in [0.15, 0.2) is 66.7 Å². The standard InChI is InChI=1S/C20H11ClN2/c21-19-15-18(13-11-16-7-3-1-4-8-16)22-20(23-19)14-12-17-9-5-2-6-10-17/h1-10,15H. The normalized spacial score (nSPS) is 9.26. The Morgan fingerprint density at radius 2 is 1.22 bits per heavy atom. The fourth-order valence-electron chi connectivity index (χ4n) is 1.84. The van der Waals surface area contributed by atoms with Crippen LogP contribution < -0.4 is 0 Å². The van der Waals surface area contributed by atoms with Crippen LogP contribution in [0.25, 0.3) is 0 Å². The van der Waals surface area contributed by atoms with Gasteiger partial charge in [-0.3, -0.25) is 0 Å². The van der Waals surface area contributed by atoms with E-state index >= 15 is 0 Å². The molecule has 0 aliphatic carbocycles. The first-order valence-corrected chi connectivity index (χ1v) is 7.36. The lowest BCUT2D eigenvalue weighted by Crippen LogP contribution is -1.93. The lowest BCUT2D eigenvalue weighted by atomic mass is 10.2. The lowest BCUT2D eigenvalue weighted by molar-refractivity contribution is 1.11. The first kappa shape index (κ1) is 14.9. The fraction of sp³-hybridized carbons (Fsp3) is 0. The predicted octanol–water partition coefficient (Wildman–Crippen LogP) is 3.93. The largest absolute Gasteiger partial charge is 0.212 e. The van der Waals surface area contributed by atoms with Crippen molar-refractivity contribution in [3.8, 4) is 23.7 Å². The highest BCUT2D eigenvalue weighted by Gasteiger charge is 1.99. The molecule has 0 fully saturated rings. The average molecular weight is 315 g/mol. The third-order valence-electron chi connectivity index (χ3n) is 2.90. The SMILES string of the molecule is Clc1cc(C#Cc2ccccc2)nc(C#Cc2ccccc2)n1. The zero-order valence-corrected chi connectivity index (χ0v) is 12.9. The van der Waals surface area contributed by atoms with Crippen LogP contribution in [0.5, 0.6) is 0 Å². The molecule has 23 heavy (non-hydrogen) atoms. The van der Waals surface area contributed by atoms with Crippen LogP contribution in [0.1, 0.15) is 22.6 Å². The van der Waals surface area contributed by atoms with E-state index in [9.17, 15) is 0 Å². The zero-order valence-electron chi connectivity index (χ0n) is 12.1. The van der Waals surface area contributed by atoms with E-state index < -0.39 is 0 Å². The quantitative estimate of drug-likeness (QED) is 0.464. The highest BCUT2D eigenvalue weighted by atomic mass is 35.5. The number of rotatable bonds is 0. The summed E-state index contributed by atoms with van der Waals surface area (Å²) < 4.78 is 0. The molecule has 2 nitrogen and oxygen atoms in total. The van der Waals surface area contributed by atoms with E-state index in [1.54, 1.807) is 6.07 Å². The topological polar surface area (TPSA) is 25.8 Å². The summed E-state index contributed by atoms with van der Waals surface area (Å²) in [6, 6.07) is 21.0. The van der Waals surface area contributed by atoms with Gasteiger partial charge >= 0.3 is 0 Å². The van der Waals surface area contributed by atoms with Crippen LogP contribution in [0.4, 0.5) is 0 Å². The summed E-state index contributed by atoms with van der Waals surface area (Å²) in [7, 11) is 0. The number of aromatic nitrogens is 2. The Morgan fingerprint density at radius 1 is 0.652 bits per heavy atom. The highest BCUT2D eigenvalue weighted by molar-refractivity contribution is 6.29. The first-order valence-electron chi connectivity index (χ1n) is 6.98. The van der Waals surface area contributed by atoms with Gasteiger partial charge in [0.15, 0.2) is 0 Å². The summed E-state index contributed by atoms with van der Waals surface area (Å²) in [6.07, 6.45) is 0. The van der Waals surface area contributed by atoms with Gasteiger partial charge in [-0.25, -0.2) is 9.97 Å². The van der Waals surface area contributed by atoms with Crippen molar-refractivity contribution in [1.82, 2.24) is 9.97 Å². The highest BCUT2D eigenvalue weighted by Crippen LogP contribution is 2.07. The third-order valence-corrected chi connectivity index (χ3v) is 3.09. The van der Waals surface area contributed by atoms with Crippen molar-refractivity contribution in [1.29, 1.82) is 0 Å². The molecule has 0 saturated heterocycles. The van der Waals surface area contributed by atoms with Crippen LogP contribution in [-0.2, 0) is 0 Å². The Bertz CT molecular complexity index is 852. The maximum Gasteiger partial charge on any atom is 0.207 e. The van der Waals surface area contributed by atoms with Gasteiger partial charge in [0.2, 0.25) is 5.82 Å². The van der Waals surface area contributed by atoms with Crippen molar-refractivity contribution in [2.75, 3.05) is 0 Å². The third kappa shape index (κ3) is 4.45. The first-order chi connectivity index (χ1) is 11.3. The van der Waals surface area contributed by atoms with Crippen molar-refractivity contribution in [2.24, 2.45) is 0 Å². The number of nitrogens with zero attached hydrogens (tertiary/aromatic N) is 2. The average Bonchev–Trinajstić information content (AvgIpc) is 2.60. The summed E-state index contributed by atoms with van der Waals surface area (Å²) in [4.78, 5) is 8.44. The summed E-state index contributed by atoms with van der Waals surface area (Å²) in [5.74, 6) is 12.3. The Kier molecular flexibility index (Phi) is 4.69. The molecule has 0 N–H and O–H groups in total. The minimum atomic E-state index is 0.328. The second-order valence-corrected chi connectivity index (χ2v) is 5.02. The monoisotopic (exact) mass is 314 g/mol. The van der Waals surface area contributed by atoms with Crippen molar-refractivity contribution in [2.45, 2.75) is 0 Å². The van der Waals surface area contributed by atoms with Crippen molar-refractivity contribution < 1.29 is 0 Å². The van der Waals surface area contributed by atoms with Crippen LogP contribution in [-0.4, -0.2) is 9.97 Å². The summed E-state index contributed by atoms with van der Waals surface area (Å²) >= 11 is 6.03. The van der Waals surface area contributed by atoms with Gasteiger partial charge in [-0.15, -0.1) is 0 Å². The van der Waals surface area contributed by atoms with E-state index in [1.807, 2.05) is 60.7 Å². The number of halogens is 1. The zero-order chi connectivity index (χ0) is 15.9. The molecule has 2 aromatic carbocycles. The van der Waals surface area contributed by atoms with Gasteiger partial charge in [0.1, 0.15) is 10.8 Å². The lowest BCUT2D eigenvalue weighted by Gasteiger charge is -1.94. The second kappa shape index (κ2) is 7.27. The minimum Gasteiger partial charge on any atom is -0.212 e. The van der Waals surface area contributed by atoms with Crippen molar-refractivity contribution in [3.63, 3.8) is 0 Å². The Hall–Kier alpha value is -3.07. The van der Waals surface area contributed by atoms with Gasteiger partial charge < -0.3 is 0 Å². The van der Waals surface area contributed by atoms with Gasteiger partial charge in [-0.05, 0) is 36.1 Å². The van der Waals surface area contributed by atoms with E-state index in [0.717, 1.165) is 11.1 Å². The van der Waals surface area contributed by atoms with Crippen LogP contribution in [0.3, 0.4) is 0 Å². The molecule has 0 amide bonds. The number of hydrogen-bond donors (Lipinski definition) is 0. The Labute approximate surface area is 140 Å². The summed E-state index contributed by atoms with van der Waals surface area (Å²) in [6.45, 7) is 0. The smallest absolute Gasteiger partial charge is 0.207 e. The molecule has 0 saturated carbocycles. The molecule has 3 aromatic rings. The maximum atomic E-state index is 6.03. The number of hydrogen-bond acceptors (Lipinski definition) is 2. The maximum absolute atomic E-state index is 6.03. The van der Waals surface area contributed by atoms with E-state index in [0.29, 0.717) is 16.7 Å². The van der Waals surface area contributed by atoms with E-state index in [2.05, 4.69) is 33.6 Å². The molecular formula is C20H11ClN2. The van der Waals surface area contributed by atoms with E-state index in [4.69, 9.17) is 11.6 Å². The van der Waals surface area contributed by atoms with E-state index in [-0.39, 0.29) is 0 Å². The van der Waals surface area contributed by atoms with Crippen LogP contribution in [0, 0.1) is 23.7 Å². The Balaban J connectivity index is 1.89.